The minimum Gasteiger partial charge on any atom is -0.321 e. The van der Waals surface area contributed by atoms with Gasteiger partial charge >= 0.3 is 6.18 Å². The van der Waals surface area contributed by atoms with Crippen molar-refractivity contribution in [2.75, 3.05) is 5.32 Å². The molecule has 11 heteroatoms. The number of nitrogens with one attached hydrogen (secondary N) is 1. The van der Waals surface area contributed by atoms with Crippen LogP contribution >= 0.6 is 0 Å². The highest BCUT2D eigenvalue weighted by molar-refractivity contribution is 5.55. The molecule has 3 aromatic rings. The molecule has 29 heavy (non-hydrogen) atoms. The lowest BCUT2D eigenvalue weighted by molar-refractivity contribution is -0.138. The third-order valence-electron chi connectivity index (χ3n) is 4.84. The van der Waals surface area contributed by atoms with Crippen molar-refractivity contribution in [2.24, 2.45) is 6.98 Å². The molecule has 1 fully saturated rings. The lowest BCUT2D eigenvalue weighted by Crippen LogP contribution is -2.30. The number of aromatic nitrogens is 7. The van der Waals surface area contributed by atoms with E-state index in [9.17, 15) is 13.2 Å². The number of halogens is 3. The monoisotopic (exact) mass is 409 g/mol. The molecule has 1 N–H and O–H groups in total. The quantitative estimate of drug-likeness (QED) is 0.694. The van der Waals surface area contributed by atoms with Gasteiger partial charge in [-0.15, -0.1) is 0 Å². The average Bonchev–Trinajstić information content (AvgIpc) is 3.26. The maximum atomic E-state index is 13.3. The van der Waals surface area contributed by atoms with Crippen molar-refractivity contribution in [1.82, 2.24) is 34.5 Å². The highest BCUT2D eigenvalue weighted by Crippen LogP contribution is 2.45. The second-order valence-electron chi connectivity index (χ2n) is 7.53. The standard InChI is InChI=1S/C18H21F3N8/c1-10-13(8-29(26-10)17(2,3)15-23-9-28(4)27-15)24-16-22-7-12(18(19,20)21)14(25-16)11-5-6-11/h7-9,11H,5-6H2,1-4H3,(H,22,24,25)/i4D3. The van der Waals surface area contributed by atoms with Crippen molar-refractivity contribution in [3.05, 3.63) is 41.5 Å². The Labute approximate surface area is 169 Å². The third-order valence-corrected chi connectivity index (χ3v) is 4.84. The zero-order valence-corrected chi connectivity index (χ0v) is 16.0. The fourth-order valence-corrected chi connectivity index (χ4v) is 2.98. The van der Waals surface area contributed by atoms with Gasteiger partial charge < -0.3 is 5.32 Å². The van der Waals surface area contributed by atoms with Gasteiger partial charge in [0.2, 0.25) is 5.95 Å². The summed E-state index contributed by atoms with van der Waals surface area (Å²) in [5.41, 5.74) is -0.670. The molecule has 1 saturated carbocycles. The van der Waals surface area contributed by atoms with Gasteiger partial charge in [-0.3, -0.25) is 9.36 Å². The van der Waals surface area contributed by atoms with Crippen LogP contribution in [0, 0.1) is 6.92 Å². The second-order valence-corrected chi connectivity index (χ2v) is 7.53. The summed E-state index contributed by atoms with van der Waals surface area (Å²) in [7, 11) is 0. The van der Waals surface area contributed by atoms with Crippen LogP contribution < -0.4 is 5.32 Å². The van der Waals surface area contributed by atoms with E-state index in [1.807, 2.05) is 0 Å². The van der Waals surface area contributed by atoms with Crippen molar-refractivity contribution in [1.29, 1.82) is 0 Å². The summed E-state index contributed by atoms with van der Waals surface area (Å²) in [5, 5.41) is 11.4. The van der Waals surface area contributed by atoms with Crippen LogP contribution in [-0.4, -0.2) is 34.5 Å². The van der Waals surface area contributed by atoms with Gasteiger partial charge in [0.1, 0.15) is 11.9 Å². The smallest absolute Gasteiger partial charge is 0.321 e. The number of anilines is 2. The molecule has 1 aliphatic rings. The molecule has 0 aromatic carbocycles. The molecule has 0 amide bonds. The first kappa shape index (κ1) is 15.9. The van der Waals surface area contributed by atoms with E-state index < -0.39 is 24.3 Å². The molecule has 8 nitrogen and oxygen atoms in total. The fraction of sp³-hybridized carbons (Fsp3) is 0.500. The topological polar surface area (TPSA) is 86.3 Å². The van der Waals surface area contributed by atoms with E-state index in [-0.39, 0.29) is 23.4 Å². The number of hydrogen-bond acceptors (Lipinski definition) is 6. The Hall–Kier alpha value is -2.98. The lowest BCUT2D eigenvalue weighted by Gasteiger charge is -2.21. The Morgan fingerprint density at radius 3 is 2.59 bits per heavy atom. The molecule has 4 rings (SSSR count). The van der Waals surface area contributed by atoms with Crippen molar-refractivity contribution in [3.63, 3.8) is 0 Å². The van der Waals surface area contributed by atoms with Gasteiger partial charge in [-0.2, -0.15) is 23.4 Å². The summed E-state index contributed by atoms with van der Waals surface area (Å²) < 4.78 is 64.5. The summed E-state index contributed by atoms with van der Waals surface area (Å²) in [5.74, 6) is 0.0759. The molecule has 3 aromatic heterocycles. The molecule has 0 atom stereocenters. The molecule has 0 spiro atoms. The van der Waals surface area contributed by atoms with Crippen molar-refractivity contribution < 1.29 is 17.3 Å². The van der Waals surface area contributed by atoms with Gasteiger partial charge in [0.25, 0.3) is 0 Å². The lowest BCUT2D eigenvalue weighted by atomic mass is 10.1. The van der Waals surface area contributed by atoms with E-state index in [2.05, 4.69) is 30.5 Å². The molecule has 1 aliphatic carbocycles. The van der Waals surface area contributed by atoms with Crippen LogP contribution in [-0.2, 0) is 18.7 Å². The maximum Gasteiger partial charge on any atom is 0.419 e. The number of nitrogens with zero attached hydrogens (tertiary/aromatic N) is 7. The summed E-state index contributed by atoms with van der Waals surface area (Å²) in [6.07, 6.45) is 0.393. The summed E-state index contributed by atoms with van der Waals surface area (Å²) in [6, 6.07) is 0. The van der Waals surface area contributed by atoms with E-state index >= 15 is 0 Å². The van der Waals surface area contributed by atoms with Gasteiger partial charge in [0.05, 0.1) is 22.6 Å². The van der Waals surface area contributed by atoms with Crippen LogP contribution in [0.15, 0.2) is 18.7 Å². The molecule has 0 aliphatic heterocycles. The molecular weight excluding hydrogens is 385 g/mol. The number of alkyl halides is 3. The fourth-order valence-electron chi connectivity index (χ4n) is 2.98. The van der Waals surface area contributed by atoms with E-state index in [4.69, 9.17) is 4.11 Å². The van der Waals surface area contributed by atoms with Crippen molar-refractivity contribution >= 4 is 11.6 Å². The van der Waals surface area contributed by atoms with Crippen molar-refractivity contribution in [3.8, 4) is 0 Å². The molecule has 154 valence electrons. The third kappa shape index (κ3) is 3.68. The van der Waals surface area contributed by atoms with E-state index in [1.165, 1.54) is 0 Å². The second kappa shape index (κ2) is 6.53. The van der Waals surface area contributed by atoms with Crippen LogP contribution in [0.4, 0.5) is 24.8 Å². The Morgan fingerprint density at radius 1 is 1.21 bits per heavy atom. The molecule has 3 heterocycles. The maximum absolute atomic E-state index is 13.3. The Kier molecular flexibility index (Phi) is 3.58. The van der Waals surface area contributed by atoms with Crippen LogP contribution in [0.5, 0.6) is 0 Å². The minimum atomic E-state index is -4.51. The average molecular weight is 409 g/mol. The zero-order chi connectivity index (χ0) is 23.5. The summed E-state index contributed by atoms with van der Waals surface area (Å²) >= 11 is 0. The number of aryl methyl sites for hydroxylation is 2. The molecular formula is C18H21F3N8. The molecule has 0 bridgehead atoms. The van der Waals surface area contributed by atoms with Crippen LogP contribution in [0.1, 0.15) is 59.5 Å². The van der Waals surface area contributed by atoms with Gasteiger partial charge in [-0.25, -0.2) is 15.0 Å². The van der Waals surface area contributed by atoms with E-state index in [0.717, 1.165) is 17.2 Å². The molecule has 0 radical (unpaired) electrons. The van der Waals surface area contributed by atoms with Crippen molar-refractivity contribution in [2.45, 2.75) is 51.2 Å². The van der Waals surface area contributed by atoms with E-state index in [1.54, 1.807) is 31.6 Å². The van der Waals surface area contributed by atoms with Gasteiger partial charge in [0, 0.05) is 29.4 Å². The SMILES string of the molecule is [2H]C([2H])([2H])n1cnc(C(C)(C)n2cc(Nc3ncc(C(F)(F)F)c(C4CC4)n3)c(C)n2)n1. The van der Waals surface area contributed by atoms with Crippen LogP contribution in [0.2, 0.25) is 0 Å². The van der Waals surface area contributed by atoms with Crippen LogP contribution in [0.25, 0.3) is 0 Å². The van der Waals surface area contributed by atoms with Gasteiger partial charge in [0.15, 0.2) is 5.82 Å². The number of hydrogen-bond donors (Lipinski definition) is 1. The normalized spacial score (nSPS) is 17.0. The minimum absolute atomic E-state index is 0.000204. The Balaban J connectivity index is 1.62. The summed E-state index contributed by atoms with van der Waals surface area (Å²) in [4.78, 5) is 12.1. The first-order valence-corrected chi connectivity index (χ1v) is 8.97. The first-order chi connectivity index (χ1) is 14.8. The van der Waals surface area contributed by atoms with E-state index in [0.29, 0.717) is 24.2 Å². The highest BCUT2D eigenvalue weighted by Gasteiger charge is 2.40. The Morgan fingerprint density at radius 2 is 1.97 bits per heavy atom. The van der Waals surface area contributed by atoms with Gasteiger partial charge in [-0.05, 0) is 33.6 Å². The predicted octanol–water partition coefficient (Wildman–Crippen LogP) is 3.53. The highest BCUT2D eigenvalue weighted by atomic mass is 19.4. The van der Waals surface area contributed by atoms with Crippen LogP contribution in [0.3, 0.4) is 0 Å². The molecule has 0 unspecified atom stereocenters. The predicted molar refractivity (Wildman–Crippen MR) is 98.7 cm³/mol. The first-order valence-electron chi connectivity index (χ1n) is 10.5. The summed E-state index contributed by atoms with van der Waals surface area (Å²) in [6.45, 7) is 2.80. The number of rotatable bonds is 5. The zero-order valence-electron chi connectivity index (χ0n) is 19.0. The Bertz CT molecular complexity index is 1150. The largest absolute Gasteiger partial charge is 0.419 e. The molecule has 0 saturated heterocycles. The van der Waals surface area contributed by atoms with Gasteiger partial charge in [-0.1, -0.05) is 0 Å².